The SMILES string of the molecule is Cc1ccc(N)c(C(c2cccc([N+](=O)[O-])c2)c2cc(C)ccc2N)c1. The van der Waals surface area contributed by atoms with E-state index in [0.29, 0.717) is 11.4 Å². The van der Waals surface area contributed by atoms with Crippen LogP contribution in [0.15, 0.2) is 60.7 Å². The second kappa shape index (κ2) is 6.88. The van der Waals surface area contributed by atoms with E-state index in [1.54, 1.807) is 12.1 Å². The van der Waals surface area contributed by atoms with Gasteiger partial charge >= 0.3 is 0 Å². The van der Waals surface area contributed by atoms with E-state index >= 15 is 0 Å². The Morgan fingerprint density at radius 3 is 1.88 bits per heavy atom. The lowest BCUT2D eigenvalue weighted by atomic mass is 9.82. The number of nitrogen functional groups attached to an aromatic ring is 2. The molecule has 0 aromatic heterocycles. The number of nitrogens with two attached hydrogens (primary N) is 2. The molecule has 0 atom stereocenters. The van der Waals surface area contributed by atoms with Crippen LogP contribution in [0.4, 0.5) is 17.1 Å². The minimum atomic E-state index is -0.389. The van der Waals surface area contributed by atoms with Gasteiger partial charge in [-0.2, -0.15) is 0 Å². The number of non-ortho nitro benzene ring substituents is 1. The molecule has 0 heterocycles. The zero-order valence-corrected chi connectivity index (χ0v) is 14.8. The number of hydrogen-bond donors (Lipinski definition) is 2. The zero-order valence-electron chi connectivity index (χ0n) is 14.8. The molecular weight excluding hydrogens is 326 g/mol. The maximum Gasteiger partial charge on any atom is 0.269 e. The van der Waals surface area contributed by atoms with Gasteiger partial charge in [-0.25, -0.2) is 0 Å². The van der Waals surface area contributed by atoms with Crippen LogP contribution in [-0.4, -0.2) is 4.92 Å². The summed E-state index contributed by atoms with van der Waals surface area (Å²) >= 11 is 0. The molecule has 0 spiro atoms. The van der Waals surface area contributed by atoms with Crippen molar-refractivity contribution >= 4 is 17.1 Å². The van der Waals surface area contributed by atoms with Crippen LogP contribution in [0.25, 0.3) is 0 Å². The van der Waals surface area contributed by atoms with Crippen molar-refractivity contribution in [3.63, 3.8) is 0 Å². The number of nitro benzene ring substituents is 1. The first-order valence-electron chi connectivity index (χ1n) is 8.33. The predicted molar refractivity (Wildman–Crippen MR) is 105 cm³/mol. The van der Waals surface area contributed by atoms with Gasteiger partial charge < -0.3 is 11.5 Å². The third kappa shape index (κ3) is 3.37. The number of rotatable bonds is 4. The second-order valence-electron chi connectivity index (χ2n) is 6.55. The maximum absolute atomic E-state index is 11.2. The van der Waals surface area contributed by atoms with Crippen LogP contribution in [0.1, 0.15) is 33.7 Å². The van der Waals surface area contributed by atoms with Crippen LogP contribution >= 0.6 is 0 Å². The van der Waals surface area contributed by atoms with E-state index in [9.17, 15) is 10.1 Å². The molecule has 132 valence electrons. The van der Waals surface area contributed by atoms with Crippen molar-refractivity contribution < 1.29 is 4.92 Å². The van der Waals surface area contributed by atoms with E-state index in [2.05, 4.69) is 0 Å². The molecule has 4 N–H and O–H groups in total. The summed E-state index contributed by atoms with van der Waals surface area (Å²) in [4.78, 5) is 10.9. The van der Waals surface area contributed by atoms with E-state index in [0.717, 1.165) is 27.8 Å². The first-order chi connectivity index (χ1) is 12.4. The monoisotopic (exact) mass is 347 g/mol. The summed E-state index contributed by atoms with van der Waals surface area (Å²) in [7, 11) is 0. The minimum Gasteiger partial charge on any atom is -0.398 e. The third-order valence-corrected chi connectivity index (χ3v) is 4.52. The number of aryl methyl sites for hydroxylation is 2. The Morgan fingerprint density at radius 2 is 1.38 bits per heavy atom. The summed E-state index contributed by atoms with van der Waals surface area (Å²) in [5.74, 6) is -0.283. The number of nitrogens with zero attached hydrogens (tertiary/aromatic N) is 1. The summed E-state index contributed by atoms with van der Waals surface area (Å²) in [5.41, 5.74) is 18.6. The Kier molecular flexibility index (Phi) is 4.63. The molecule has 3 aromatic carbocycles. The van der Waals surface area contributed by atoms with Gasteiger partial charge in [0, 0.05) is 29.4 Å². The van der Waals surface area contributed by atoms with Gasteiger partial charge in [0.25, 0.3) is 5.69 Å². The van der Waals surface area contributed by atoms with Crippen LogP contribution in [0.3, 0.4) is 0 Å². The van der Waals surface area contributed by atoms with Crippen LogP contribution in [0.2, 0.25) is 0 Å². The Morgan fingerprint density at radius 1 is 0.846 bits per heavy atom. The fourth-order valence-electron chi connectivity index (χ4n) is 3.23. The highest BCUT2D eigenvalue weighted by Crippen LogP contribution is 2.39. The largest absolute Gasteiger partial charge is 0.398 e. The van der Waals surface area contributed by atoms with Gasteiger partial charge in [-0.15, -0.1) is 0 Å². The number of anilines is 2. The molecule has 3 aromatic rings. The van der Waals surface area contributed by atoms with E-state index in [4.69, 9.17) is 11.5 Å². The predicted octanol–water partition coefficient (Wildman–Crippen LogP) is 4.56. The number of benzene rings is 3. The van der Waals surface area contributed by atoms with E-state index in [1.807, 2.05) is 56.3 Å². The topological polar surface area (TPSA) is 95.2 Å². The van der Waals surface area contributed by atoms with E-state index < -0.39 is 0 Å². The molecule has 0 aliphatic rings. The Bertz CT molecular complexity index is 931. The average molecular weight is 347 g/mol. The van der Waals surface area contributed by atoms with Gasteiger partial charge in [0.1, 0.15) is 0 Å². The van der Waals surface area contributed by atoms with Crippen molar-refractivity contribution in [1.29, 1.82) is 0 Å². The van der Waals surface area contributed by atoms with Crippen LogP contribution in [-0.2, 0) is 0 Å². The summed E-state index contributed by atoms with van der Waals surface area (Å²) in [6, 6.07) is 18.3. The summed E-state index contributed by atoms with van der Waals surface area (Å²) in [5, 5.41) is 11.2. The molecule has 0 aliphatic heterocycles. The molecule has 5 nitrogen and oxygen atoms in total. The molecule has 0 fully saturated rings. The van der Waals surface area contributed by atoms with Gasteiger partial charge in [-0.05, 0) is 42.7 Å². The number of nitro groups is 1. The van der Waals surface area contributed by atoms with Gasteiger partial charge in [0.05, 0.1) is 4.92 Å². The minimum absolute atomic E-state index is 0.0462. The highest BCUT2D eigenvalue weighted by molar-refractivity contribution is 5.63. The number of hydrogen-bond acceptors (Lipinski definition) is 4. The summed E-state index contributed by atoms with van der Waals surface area (Å²) in [6.07, 6.45) is 0. The molecule has 0 saturated carbocycles. The molecule has 3 rings (SSSR count). The van der Waals surface area contributed by atoms with Crippen molar-refractivity contribution in [2.45, 2.75) is 19.8 Å². The molecule has 0 aliphatic carbocycles. The lowest BCUT2D eigenvalue weighted by Gasteiger charge is -2.23. The first kappa shape index (κ1) is 17.5. The molecule has 0 radical (unpaired) electrons. The zero-order chi connectivity index (χ0) is 18.8. The van der Waals surface area contributed by atoms with Crippen LogP contribution in [0.5, 0.6) is 0 Å². The molecule has 0 bridgehead atoms. The normalized spacial score (nSPS) is 10.9. The Hall–Kier alpha value is -3.34. The molecule has 0 saturated heterocycles. The lowest BCUT2D eigenvalue weighted by Crippen LogP contribution is -2.10. The Labute approximate surface area is 152 Å². The van der Waals surface area contributed by atoms with Gasteiger partial charge in [-0.3, -0.25) is 10.1 Å². The highest BCUT2D eigenvalue weighted by atomic mass is 16.6. The third-order valence-electron chi connectivity index (χ3n) is 4.52. The van der Waals surface area contributed by atoms with Crippen LogP contribution in [0, 0.1) is 24.0 Å². The standard InChI is InChI=1S/C21H21N3O2/c1-13-6-8-19(22)17(10-13)21(18-11-14(2)7-9-20(18)23)15-4-3-5-16(12-15)24(25)26/h3-12,21H,22-23H2,1-2H3. The fraction of sp³-hybridized carbons (Fsp3) is 0.143. The van der Waals surface area contributed by atoms with Crippen molar-refractivity contribution in [1.82, 2.24) is 0 Å². The van der Waals surface area contributed by atoms with Crippen molar-refractivity contribution in [3.8, 4) is 0 Å². The van der Waals surface area contributed by atoms with Gasteiger partial charge in [-0.1, -0.05) is 47.5 Å². The smallest absolute Gasteiger partial charge is 0.269 e. The maximum atomic E-state index is 11.2. The summed E-state index contributed by atoms with van der Waals surface area (Å²) in [6.45, 7) is 3.99. The Balaban J connectivity index is 2.29. The quantitative estimate of drug-likeness (QED) is 0.313. The molecule has 0 unspecified atom stereocenters. The lowest BCUT2D eigenvalue weighted by molar-refractivity contribution is -0.384. The molecule has 26 heavy (non-hydrogen) atoms. The molecule has 5 heteroatoms. The van der Waals surface area contributed by atoms with Gasteiger partial charge in [0.2, 0.25) is 0 Å². The first-order valence-corrected chi connectivity index (χ1v) is 8.33. The second-order valence-corrected chi connectivity index (χ2v) is 6.55. The fourth-order valence-corrected chi connectivity index (χ4v) is 3.23. The average Bonchev–Trinajstić information content (AvgIpc) is 2.61. The molecule has 0 amide bonds. The summed E-state index contributed by atoms with van der Waals surface area (Å²) < 4.78 is 0. The highest BCUT2D eigenvalue weighted by Gasteiger charge is 2.23. The molecular formula is C21H21N3O2. The van der Waals surface area contributed by atoms with Gasteiger partial charge in [0.15, 0.2) is 0 Å². The van der Waals surface area contributed by atoms with E-state index in [1.165, 1.54) is 6.07 Å². The van der Waals surface area contributed by atoms with Crippen LogP contribution < -0.4 is 11.5 Å². The van der Waals surface area contributed by atoms with Crippen molar-refractivity contribution in [3.05, 3.63) is 98.6 Å². The van der Waals surface area contributed by atoms with Crippen molar-refractivity contribution in [2.24, 2.45) is 0 Å². The van der Waals surface area contributed by atoms with E-state index in [-0.39, 0.29) is 16.5 Å². The van der Waals surface area contributed by atoms with Crippen molar-refractivity contribution in [2.75, 3.05) is 11.5 Å².